The van der Waals surface area contributed by atoms with E-state index in [1.807, 2.05) is 19.1 Å². The van der Waals surface area contributed by atoms with Gasteiger partial charge in [0.2, 0.25) is 5.91 Å². The lowest BCUT2D eigenvalue weighted by Crippen LogP contribution is -2.36. The van der Waals surface area contributed by atoms with Crippen LogP contribution in [-0.4, -0.2) is 32.8 Å². The summed E-state index contributed by atoms with van der Waals surface area (Å²) in [7, 11) is 3.19. The highest BCUT2D eigenvalue weighted by atomic mass is 16.5. The van der Waals surface area contributed by atoms with Gasteiger partial charge in [0.25, 0.3) is 0 Å². The van der Waals surface area contributed by atoms with Gasteiger partial charge in [-0.1, -0.05) is 0 Å². The van der Waals surface area contributed by atoms with E-state index >= 15 is 0 Å². The van der Waals surface area contributed by atoms with E-state index in [0.29, 0.717) is 18.7 Å². The maximum absolute atomic E-state index is 11.8. The average Bonchev–Trinajstić information content (AvgIpc) is 2.36. The van der Waals surface area contributed by atoms with Crippen molar-refractivity contribution in [2.45, 2.75) is 19.4 Å². The molecule has 0 spiro atoms. The SMILES string of the molecule is COCCC(N)C(=O)Nc1ccc(OC)c(C)c1. The normalized spacial score (nSPS) is 12.0. The number of aryl methyl sites for hydroxylation is 1. The molecule has 1 rings (SSSR count). The predicted molar refractivity (Wildman–Crippen MR) is 70.8 cm³/mol. The Kier molecular flexibility index (Phi) is 5.61. The van der Waals surface area contributed by atoms with E-state index < -0.39 is 6.04 Å². The highest BCUT2D eigenvalue weighted by Gasteiger charge is 2.13. The number of hydrogen-bond donors (Lipinski definition) is 2. The maximum Gasteiger partial charge on any atom is 0.241 e. The fourth-order valence-electron chi connectivity index (χ4n) is 1.57. The molecule has 0 fully saturated rings. The molecule has 1 unspecified atom stereocenters. The summed E-state index contributed by atoms with van der Waals surface area (Å²) in [6, 6.07) is 4.88. The Bertz CT molecular complexity index is 407. The lowest BCUT2D eigenvalue weighted by molar-refractivity contribution is -0.117. The van der Waals surface area contributed by atoms with Crippen molar-refractivity contribution in [3.63, 3.8) is 0 Å². The zero-order chi connectivity index (χ0) is 13.5. The van der Waals surface area contributed by atoms with Gasteiger partial charge in [0.1, 0.15) is 5.75 Å². The summed E-state index contributed by atoms with van der Waals surface area (Å²) in [5.41, 5.74) is 7.40. The quantitative estimate of drug-likeness (QED) is 0.800. The van der Waals surface area contributed by atoms with Crippen LogP contribution in [0.15, 0.2) is 18.2 Å². The Balaban J connectivity index is 2.61. The molecule has 0 bridgehead atoms. The summed E-state index contributed by atoms with van der Waals surface area (Å²) in [4.78, 5) is 11.8. The van der Waals surface area contributed by atoms with Gasteiger partial charge in [-0.25, -0.2) is 0 Å². The van der Waals surface area contributed by atoms with Crippen LogP contribution in [0.1, 0.15) is 12.0 Å². The monoisotopic (exact) mass is 252 g/mol. The zero-order valence-electron chi connectivity index (χ0n) is 11.0. The molecule has 18 heavy (non-hydrogen) atoms. The van der Waals surface area contributed by atoms with Crippen LogP contribution in [0.25, 0.3) is 0 Å². The van der Waals surface area contributed by atoms with E-state index in [-0.39, 0.29) is 5.91 Å². The van der Waals surface area contributed by atoms with E-state index in [1.54, 1.807) is 20.3 Å². The second-order valence-corrected chi connectivity index (χ2v) is 4.06. The topological polar surface area (TPSA) is 73.6 Å². The molecule has 0 aliphatic carbocycles. The van der Waals surface area contributed by atoms with Crippen LogP contribution in [0.5, 0.6) is 5.75 Å². The van der Waals surface area contributed by atoms with Crippen molar-refractivity contribution in [2.75, 3.05) is 26.1 Å². The lowest BCUT2D eigenvalue weighted by Gasteiger charge is -2.13. The van der Waals surface area contributed by atoms with Crippen LogP contribution < -0.4 is 15.8 Å². The van der Waals surface area contributed by atoms with Crippen molar-refractivity contribution < 1.29 is 14.3 Å². The third-order valence-corrected chi connectivity index (χ3v) is 2.63. The first kappa shape index (κ1) is 14.5. The number of nitrogens with two attached hydrogens (primary N) is 1. The number of benzene rings is 1. The molecule has 0 aromatic heterocycles. The first-order valence-electron chi connectivity index (χ1n) is 5.78. The summed E-state index contributed by atoms with van der Waals surface area (Å²) >= 11 is 0. The van der Waals surface area contributed by atoms with Gasteiger partial charge in [-0.2, -0.15) is 0 Å². The molecule has 0 saturated carbocycles. The van der Waals surface area contributed by atoms with E-state index in [4.69, 9.17) is 15.2 Å². The zero-order valence-corrected chi connectivity index (χ0v) is 11.0. The van der Waals surface area contributed by atoms with Gasteiger partial charge in [-0.15, -0.1) is 0 Å². The van der Waals surface area contributed by atoms with Crippen LogP contribution in [0.4, 0.5) is 5.69 Å². The molecule has 1 aromatic rings. The molecule has 0 saturated heterocycles. The van der Waals surface area contributed by atoms with Crippen LogP contribution in [0.2, 0.25) is 0 Å². The Morgan fingerprint density at radius 2 is 2.17 bits per heavy atom. The Hall–Kier alpha value is -1.59. The summed E-state index contributed by atoms with van der Waals surface area (Å²) in [5.74, 6) is 0.577. The summed E-state index contributed by atoms with van der Waals surface area (Å²) in [6.45, 7) is 2.38. The van der Waals surface area contributed by atoms with Gasteiger partial charge in [0.15, 0.2) is 0 Å². The number of anilines is 1. The van der Waals surface area contributed by atoms with Crippen molar-refractivity contribution in [1.29, 1.82) is 0 Å². The molecule has 1 aromatic carbocycles. The number of ether oxygens (including phenoxy) is 2. The largest absolute Gasteiger partial charge is 0.496 e. The van der Waals surface area contributed by atoms with E-state index in [2.05, 4.69) is 5.32 Å². The van der Waals surface area contributed by atoms with Gasteiger partial charge in [-0.3, -0.25) is 4.79 Å². The smallest absolute Gasteiger partial charge is 0.241 e. The molecule has 5 nitrogen and oxygen atoms in total. The molecule has 0 aliphatic heterocycles. The number of carbonyl (C=O) groups excluding carboxylic acids is 1. The molecule has 1 amide bonds. The minimum Gasteiger partial charge on any atom is -0.496 e. The number of methoxy groups -OCH3 is 2. The molecular weight excluding hydrogens is 232 g/mol. The van der Waals surface area contributed by atoms with Crippen molar-refractivity contribution in [1.82, 2.24) is 0 Å². The van der Waals surface area contributed by atoms with Crippen LogP contribution in [-0.2, 0) is 9.53 Å². The van der Waals surface area contributed by atoms with Gasteiger partial charge >= 0.3 is 0 Å². The fraction of sp³-hybridized carbons (Fsp3) is 0.462. The minimum atomic E-state index is -0.563. The number of nitrogens with one attached hydrogen (secondary N) is 1. The van der Waals surface area contributed by atoms with Gasteiger partial charge in [-0.05, 0) is 37.1 Å². The van der Waals surface area contributed by atoms with Crippen LogP contribution >= 0.6 is 0 Å². The fourth-order valence-corrected chi connectivity index (χ4v) is 1.57. The number of rotatable bonds is 6. The highest BCUT2D eigenvalue weighted by molar-refractivity contribution is 5.94. The summed E-state index contributed by atoms with van der Waals surface area (Å²) < 4.78 is 10.0. The Morgan fingerprint density at radius 1 is 1.44 bits per heavy atom. The number of amides is 1. The molecule has 0 heterocycles. The van der Waals surface area contributed by atoms with Crippen LogP contribution in [0.3, 0.4) is 0 Å². The van der Waals surface area contributed by atoms with Crippen molar-refractivity contribution in [3.05, 3.63) is 23.8 Å². The third kappa shape index (κ3) is 4.01. The van der Waals surface area contributed by atoms with Gasteiger partial charge < -0.3 is 20.5 Å². The van der Waals surface area contributed by atoms with Crippen LogP contribution in [0, 0.1) is 6.92 Å². The van der Waals surface area contributed by atoms with Crippen molar-refractivity contribution in [2.24, 2.45) is 5.73 Å². The molecule has 3 N–H and O–H groups in total. The second kappa shape index (κ2) is 6.98. The molecule has 1 atom stereocenters. The third-order valence-electron chi connectivity index (χ3n) is 2.63. The summed E-state index contributed by atoms with van der Waals surface area (Å²) in [5, 5.41) is 2.77. The van der Waals surface area contributed by atoms with E-state index in [0.717, 1.165) is 11.3 Å². The Labute approximate surface area is 107 Å². The first-order valence-corrected chi connectivity index (χ1v) is 5.78. The molecular formula is C13H20N2O3. The molecule has 100 valence electrons. The number of hydrogen-bond acceptors (Lipinski definition) is 4. The minimum absolute atomic E-state index is 0.211. The number of carbonyl (C=O) groups is 1. The Morgan fingerprint density at radius 3 is 2.72 bits per heavy atom. The highest BCUT2D eigenvalue weighted by Crippen LogP contribution is 2.21. The van der Waals surface area contributed by atoms with Crippen molar-refractivity contribution >= 4 is 11.6 Å². The van der Waals surface area contributed by atoms with E-state index in [1.165, 1.54) is 0 Å². The van der Waals surface area contributed by atoms with Crippen molar-refractivity contribution in [3.8, 4) is 5.75 Å². The lowest BCUT2D eigenvalue weighted by atomic mass is 10.1. The first-order chi connectivity index (χ1) is 8.58. The molecule has 5 heteroatoms. The van der Waals surface area contributed by atoms with Gasteiger partial charge in [0, 0.05) is 19.4 Å². The van der Waals surface area contributed by atoms with Gasteiger partial charge in [0.05, 0.1) is 13.2 Å². The molecule has 0 aliphatic rings. The standard InChI is InChI=1S/C13H20N2O3/c1-9-8-10(4-5-12(9)18-3)15-13(16)11(14)6-7-17-2/h4-5,8,11H,6-7,14H2,1-3H3,(H,15,16). The second-order valence-electron chi connectivity index (χ2n) is 4.06. The average molecular weight is 252 g/mol. The maximum atomic E-state index is 11.8. The summed E-state index contributed by atoms with van der Waals surface area (Å²) in [6.07, 6.45) is 0.497. The van der Waals surface area contributed by atoms with E-state index in [9.17, 15) is 4.79 Å². The predicted octanol–water partition coefficient (Wildman–Crippen LogP) is 1.31. The molecule has 0 radical (unpaired) electrons.